The van der Waals surface area contributed by atoms with Crippen LogP contribution in [0.25, 0.3) is 10.9 Å². The van der Waals surface area contributed by atoms with Gasteiger partial charge in [-0.2, -0.15) is 0 Å². The van der Waals surface area contributed by atoms with Gasteiger partial charge in [0.1, 0.15) is 0 Å². The molecule has 27 heavy (non-hydrogen) atoms. The molecule has 2 aromatic rings. The van der Waals surface area contributed by atoms with Gasteiger partial charge in [-0.05, 0) is 0 Å². The SMILES string of the molecule is CCC[CH2][Sn]([CH2]CCC)([CH2]CCC)[O]c1ccc([N+](=O)[O-])c2cccnc12. The topological polar surface area (TPSA) is 65.3 Å². The molecule has 0 bridgehead atoms. The Morgan fingerprint density at radius 2 is 1.59 bits per heavy atom. The van der Waals surface area contributed by atoms with Crippen molar-refractivity contribution in [2.45, 2.75) is 72.6 Å². The number of pyridine rings is 1. The molecule has 0 aliphatic heterocycles. The molecule has 0 saturated carbocycles. The molecule has 0 saturated heterocycles. The summed E-state index contributed by atoms with van der Waals surface area (Å²) in [5, 5.41) is 12.0. The molecule has 1 aromatic heterocycles. The molecule has 0 spiro atoms. The molecule has 1 aromatic carbocycles. The number of nitro benzene ring substituents is 1. The number of benzene rings is 1. The van der Waals surface area contributed by atoms with E-state index in [0.717, 1.165) is 5.75 Å². The van der Waals surface area contributed by atoms with E-state index in [9.17, 15) is 10.1 Å². The summed E-state index contributed by atoms with van der Waals surface area (Å²) >= 11 is -2.87. The van der Waals surface area contributed by atoms with E-state index in [2.05, 4.69) is 25.8 Å². The molecule has 0 N–H and O–H groups in total. The second-order valence-electron chi connectivity index (χ2n) is 7.34. The zero-order chi connectivity index (χ0) is 19.7. The van der Waals surface area contributed by atoms with E-state index in [0.29, 0.717) is 10.9 Å². The number of nitro groups is 1. The number of aromatic nitrogens is 1. The summed E-state index contributed by atoms with van der Waals surface area (Å²) in [4.78, 5) is 15.5. The van der Waals surface area contributed by atoms with E-state index in [-0.39, 0.29) is 10.6 Å². The van der Waals surface area contributed by atoms with Crippen LogP contribution in [0, 0.1) is 10.1 Å². The second kappa shape index (κ2) is 10.8. The van der Waals surface area contributed by atoms with Gasteiger partial charge in [-0.3, -0.25) is 0 Å². The van der Waals surface area contributed by atoms with Crippen molar-refractivity contribution in [3.05, 3.63) is 40.6 Å². The first-order valence-corrected chi connectivity index (χ1v) is 17.5. The van der Waals surface area contributed by atoms with E-state index in [4.69, 9.17) is 3.07 Å². The van der Waals surface area contributed by atoms with Crippen molar-refractivity contribution >= 4 is 35.4 Å². The Kier molecular flexibility index (Phi) is 8.80. The average Bonchev–Trinajstić information content (AvgIpc) is 2.69. The Morgan fingerprint density at radius 3 is 2.11 bits per heavy atom. The summed E-state index contributed by atoms with van der Waals surface area (Å²) in [6.07, 6.45) is 8.87. The first kappa shape index (κ1) is 21.9. The Balaban J connectivity index is 2.46. The molecular formula is C21H32N2O3Sn. The molecule has 2 rings (SSSR count). The van der Waals surface area contributed by atoms with Gasteiger partial charge < -0.3 is 0 Å². The maximum absolute atomic E-state index is 11.4. The summed E-state index contributed by atoms with van der Waals surface area (Å²) in [6, 6.07) is 6.88. The third-order valence-corrected chi connectivity index (χ3v) is 17.9. The standard InChI is InChI=1S/C9H6N2O3.3C4H9.Sn/c12-8-4-3-7(11(13)14)6-2-1-5-10-9(6)8;3*1-3-4-2;/h1-5,12H;3*1,3-4H2,2H3;/q;;;;+1/p-1. The number of unbranched alkanes of at least 4 members (excludes halogenated alkanes) is 3. The molecule has 0 aliphatic rings. The van der Waals surface area contributed by atoms with Gasteiger partial charge in [0.2, 0.25) is 0 Å². The van der Waals surface area contributed by atoms with Crippen LogP contribution in [0.15, 0.2) is 30.5 Å². The molecule has 6 heteroatoms. The molecule has 0 fully saturated rings. The van der Waals surface area contributed by atoms with Crippen LogP contribution in [-0.2, 0) is 0 Å². The van der Waals surface area contributed by atoms with Gasteiger partial charge in [0.05, 0.1) is 0 Å². The minimum absolute atomic E-state index is 0.0990. The third kappa shape index (κ3) is 5.80. The Labute approximate surface area is 167 Å². The number of nitrogens with zero attached hydrogens (tertiary/aromatic N) is 2. The van der Waals surface area contributed by atoms with Gasteiger partial charge in [-0.15, -0.1) is 0 Å². The number of fused-ring (bicyclic) bond motifs is 1. The van der Waals surface area contributed by atoms with Crippen LogP contribution in [0.5, 0.6) is 5.75 Å². The molecular weight excluding hydrogens is 447 g/mol. The number of hydrogen-bond acceptors (Lipinski definition) is 4. The van der Waals surface area contributed by atoms with Gasteiger partial charge in [0.15, 0.2) is 0 Å². The van der Waals surface area contributed by atoms with Gasteiger partial charge >= 0.3 is 167 Å². The first-order valence-electron chi connectivity index (χ1n) is 10.3. The fourth-order valence-electron chi connectivity index (χ4n) is 3.63. The zero-order valence-corrected chi connectivity index (χ0v) is 19.7. The molecule has 5 nitrogen and oxygen atoms in total. The van der Waals surface area contributed by atoms with Gasteiger partial charge in [-0.25, -0.2) is 0 Å². The van der Waals surface area contributed by atoms with Crippen LogP contribution >= 0.6 is 0 Å². The number of rotatable bonds is 12. The van der Waals surface area contributed by atoms with E-state index < -0.39 is 18.8 Å². The molecule has 148 valence electrons. The summed E-state index contributed by atoms with van der Waals surface area (Å²) in [5.74, 6) is 0.760. The monoisotopic (exact) mass is 480 g/mol. The van der Waals surface area contributed by atoms with E-state index in [1.54, 1.807) is 30.5 Å². The van der Waals surface area contributed by atoms with E-state index >= 15 is 0 Å². The van der Waals surface area contributed by atoms with Gasteiger partial charge in [-0.1, -0.05) is 0 Å². The number of hydrogen-bond donors (Lipinski definition) is 0. The average molecular weight is 479 g/mol. The van der Waals surface area contributed by atoms with Crippen LogP contribution < -0.4 is 3.07 Å². The van der Waals surface area contributed by atoms with Crippen LogP contribution in [0.1, 0.15) is 59.3 Å². The van der Waals surface area contributed by atoms with Crippen LogP contribution in [-0.4, -0.2) is 28.7 Å². The summed E-state index contributed by atoms with van der Waals surface area (Å²) in [6.45, 7) is 6.71. The van der Waals surface area contributed by atoms with Crippen molar-refractivity contribution in [3.8, 4) is 5.75 Å². The van der Waals surface area contributed by atoms with Crippen molar-refractivity contribution < 1.29 is 8.00 Å². The quantitative estimate of drug-likeness (QED) is 0.189. The summed E-state index contributed by atoms with van der Waals surface area (Å²) in [7, 11) is 0. The van der Waals surface area contributed by atoms with Gasteiger partial charge in [0.25, 0.3) is 0 Å². The predicted octanol–water partition coefficient (Wildman–Crippen LogP) is 6.87. The first-order chi connectivity index (χ1) is 13.1. The van der Waals surface area contributed by atoms with Crippen LogP contribution in [0.4, 0.5) is 5.69 Å². The molecule has 0 amide bonds. The van der Waals surface area contributed by atoms with Crippen molar-refractivity contribution in [1.82, 2.24) is 4.98 Å². The maximum atomic E-state index is 11.4. The summed E-state index contributed by atoms with van der Waals surface area (Å²) in [5.41, 5.74) is 0.735. The van der Waals surface area contributed by atoms with Crippen molar-refractivity contribution in [2.24, 2.45) is 0 Å². The number of non-ortho nitro benzene ring substituents is 1. The predicted molar refractivity (Wildman–Crippen MR) is 114 cm³/mol. The normalized spacial score (nSPS) is 11.7. The van der Waals surface area contributed by atoms with E-state index in [1.807, 2.05) is 0 Å². The Morgan fingerprint density at radius 1 is 1.00 bits per heavy atom. The molecule has 0 atom stereocenters. The molecule has 1 heterocycles. The van der Waals surface area contributed by atoms with Crippen molar-refractivity contribution in [3.63, 3.8) is 0 Å². The molecule has 0 aliphatic carbocycles. The molecule has 0 radical (unpaired) electrons. The minimum atomic E-state index is -2.87. The second-order valence-corrected chi connectivity index (χ2v) is 19.0. The third-order valence-electron chi connectivity index (χ3n) is 5.19. The van der Waals surface area contributed by atoms with Crippen molar-refractivity contribution in [1.29, 1.82) is 0 Å². The van der Waals surface area contributed by atoms with E-state index in [1.165, 1.54) is 51.8 Å². The fourth-order valence-corrected chi connectivity index (χ4v) is 17.0. The Bertz CT molecular complexity index is 730. The van der Waals surface area contributed by atoms with Crippen molar-refractivity contribution in [2.75, 3.05) is 0 Å². The zero-order valence-electron chi connectivity index (χ0n) is 16.9. The fraction of sp³-hybridized carbons (Fsp3) is 0.571. The Hall–Kier alpha value is -1.37. The summed E-state index contributed by atoms with van der Waals surface area (Å²) < 4.78 is 10.5. The molecule has 0 unspecified atom stereocenters. The van der Waals surface area contributed by atoms with Gasteiger partial charge in [0, 0.05) is 0 Å². The van der Waals surface area contributed by atoms with Crippen LogP contribution in [0.3, 0.4) is 0 Å². The van der Waals surface area contributed by atoms with Crippen LogP contribution in [0.2, 0.25) is 13.3 Å².